The van der Waals surface area contributed by atoms with E-state index in [1.165, 1.54) is 10.4 Å². The number of nitrogens with zero attached hydrogens (tertiary/aromatic N) is 2. The molecule has 76 valence electrons. The molecule has 1 atom stereocenters. The van der Waals surface area contributed by atoms with Gasteiger partial charge in [-0.25, -0.2) is 9.97 Å². The first kappa shape index (κ1) is 9.00. The highest BCUT2D eigenvalue weighted by Gasteiger charge is 2.22. The van der Waals surface area contributed by atoms with Crippen LogP contribution >= 0.6 is 11.3 Å². The molecule has 1 N–H and O–H groups in total. The fourth-order valence-corrected chi connectivity index (χ4v) is 3.00. The molecule has 0 saturated carbocycles. The largest absolute Gasteiger partial charge is 0.304 e. The van der Waals surface area contributed by atoms with E-state index in [0.29, 0.717) is 0 Å². The first-order valence-corrected chi connectivity index (χ1v) is 5.88. The van der Waals surface area contributed by atoms with Crippen molar-refractivity contribution in [3.05, 3.63) is 46.2 Å². The first-order chi connectivity index (χ1) is 7.45. The smallest absolute Gasteiger partial charge is 0.115 e. The lowest BCUT2D eigenvalue weighted by atomic mass is 10.0. The molecular weight excluding hydrogens is 206 g/mol. The van der Waals surface area contributed by atoms with Gasteiger partial charge in [0, 0.05) is 17.6 Å². The summed E-state index contributed by atoms with van der Waals surface area (Å²) in [6.07, 6.45) is 4.53. The third-order valence-corrected chi connectivity index (χ3v) is 3.71. The van der Waals surface area contributed by atoms with Gasteiger partial charge in [0.05, 0.1) is 11.7 Å². The van der Waals surface area contributed by atoms with Gasteiger partial charge in [-0.2, -0.15) is 0 Å². The Morgan fingerprint density at radius 1 is 1.40 bits per heavy atom. The van der Waals surface area contributed by atoms with E-state index in [0.717, 1.165) is 18.7 Å². The summed E-state index contributed by atoms with van der Waals surface area (Å²) in [5, 5.41) is 5.66. The van der Waals surface area contributed by atoms with Crippen LogP contribution in [0.25, 0.3) is 0 Å². The molecule has 1 aliphatic rings. The highest BCUT2D eigenvalue weighted by atomic mass is 32.1. The number of fused-ring (bicyclic) bond motifs is 1. The molecule has 0 spiro atoms. The highest BCUT2D eigenvalue weighted by Crippen LogP contribution is 2.31. The number of thiophene rings is 1. The molecular formula is C11H11N3S. The third kappa shape index (κ3) is 1.56. The molecule has 3 rings (SSSR count). The standard InChI is InChI=1S/C11H11N3S/c1-5-13-10(9-2-4-12-7-14-9)11-8(1)3-6-15-11/h2-4,6-7,10,13H,1,5H2. The first-order valence-electron chi connectivity index (χ1n) is 5.01. The summed E-state index contributed by atoms with van der Waals surface area (Å²) in [6.45, 7) is 1.03. The van der Waals surface area contributed by atoms with Crippen molar-refractivity contribution in [2.24, 2.45) is 0 Å². The zero-order valence-corrected chi connectivity index (χ0v) is 9.00. The van der Waals surface area contributed by atoms with Crippen LogP contribution in [-0.4, -0.2) is 16.5 Å². The molecule has 3 heterocycles. The average Bonchev–Trinajstić information content (AvgIpc) is 2.78. The van der Waals surface area contributed by atoms with E-state index in [2.05, 4.69) is 26.7 Å². The van der Waals surface area contributed by atoms with Gasteiger partial charge < -0.3 is 5.32 Å². The second-order valence-electron chi connectivity index (χ2n) is 3.58. The van der Waals surface area contributed by atoms with Crippen LogP contribution in [0.4, 0.5) is 0 Å². The van der Waals surface area contributed by atoms with Gasteiger partial charge in [-0.15, -0.1) is 11.3 Å². The van der Waals surface area contributed by atoms with Crippen LogP contribution in [0, 0.1) is 0 Å². The van der Waals surface area contributed by atoms with Crippen LogP contribution in [0.3, 0.4) is 0 Å². The minimum Gasteiger partial charge on any atom is -0.304 e. The van der Waals surface area contributed by atoms with Crippen LogP contribution in [0.5, 0.6) is 0 Å². The van der Waals surface area contributed by atoms with E-state index in [-0.39, 0.29) is 6.04 Å². The van der Waals surface area contributed by atoms with E-state index in [9.17, 15) is 0 Å². The Labute approximate surface area is 92.2 Å². The Hall–Kier alpha value is -1.26. The Morgan fingerprint density at radius 3 is 3.27 bits per heavy atom. The summed E-state index contributed by atoms with van der Waals surface area (Å²) in [6, 6.07) is 4.46. The second-order valence-corrected chi connectivity index (χ2v) is 4.53. The maximum absolute atomic E-state index is 4.31. The lowest BCUT2D eigenvalue weighted by Crippen LogP contribution is -2.29. The molecule has 1 aliphatic heterocycles. The minimum absolute atomic E-state index is 0.261. The molecule has 0 bridgehead atoms. The number of aromatic nitrogens is 2. The van der Waals surface area contributed by atoms with Crippen LogP contribution in [0.2, 0.25) is 0 Å². The van der Waals surface area contributed by atoms with Crippen LogP contribution in [0.15, 0.2) is 30.0 Å². The number of rotatable bonds is 1. The number of hydrogen-bond acceptors (Lipinski definition) is 4. The predicted octanol–water partition coefficient (Wildman–Crippen LogP) is 1.77. The number of hydrogen-bond donors (Lipinski definition) is 1. The van der Waals surface area contributed by atoms with Gasteiger partial charge in [0.2, 0.25) is 0 Å². The van der Waals surface area contributed by atoms with Crippen LogP contribution in [0.1, 0.15) is 22.2 Å². The molecule has 0 aliphatic carbocycles. The van der Waals surface area contributed by atoms with Crippen molar-refractivity contribution in [1.29, 1.82) is 0 Å². The predicted molar refractivity (Wildman–Crippen MR) is 59.9 cm³/mol. The maximum Gasteiger partial charge on any atom is 0.115 e. The van der Waals surface area contributed by atoms with E-state index < -0.39 is 0 Å². The Morgan fingerprint density at radius 2 is 2.40 bits per heavy atom. The molecule has 0 aromatic carbocycles. The monoisotopic (exact) mass is 217 g/mol. The van der Waals surface area contributed by atoms with Gasteiger partial charge in [-0.05, 0) is 29.5 Å². The Kier molecular flexibility index (Phi) is 2.23. The fourth-order valence-electron chi connectivity index (χ4n) is 1.96. The molecule has 15 heavy (non-hydrogen) atoms. The molecule has 4 heteroatoms. The maximum atomic E-state index is 4.31. The van der Waals surface area contributed by atoms with Gasteiger partial charge in [0.15, 0.2) is 0 Å². The summed E-state index contributed by atoms with van der Waals surface area (Å²) < 4.78 is 0. The molecule has 0 saturated heterocycles. The molecule has 1 unspecified atom stereocenters. The molecule has 0 amide bonds. The normalized spacial score (nSPS) is 19.9. The minimum atomic E-state index is 0.261. The lowest BCUT2D eigenvalue weighted by molar-refractivity contribution is 0.566. The van der Waals surface area contributed by atoms with Crippen molar-refractivity contribution in [3.63, 3.8) is 0 Å². The molecule has 3 nitrogen and oxygen atoms in total. The van der Waals surface area contributed by atoms with E-state index in [1.54, 1.807) is 23.9 Å². The quantitative estimate of drug-likeness (QED) is 0.791. The lowest BCUT2D eigenvalue weighted by Gasteiger charge is -2.23. The summed E-state index contributed by atoms with van der Waals surface area (Å²) in [7, 11) is 0. The Bertz CT molecular complexity index is 452. The van der Waals surface area contributed by atoms with Crippen molar-refractivity contribution in [2.45, 2.75) is 12.5 Å². The summed E-state index contributed by atoms with van der Waals surface area (Å²) in [5.74, 6) is 0. The van der Waals surface area contributed by atoms with Crippen molar-refractivity contribution in [1.82, 2.24) is 15.3 Å². The van der Waals surface area contributed by atoms with Gasteiger partial charge in [0.25, 0.3) is 0 Å². The van der Waals surface area contributed by atoms with Gasteiger partial charge in [-0.3, -0.25) is 0 Å². The van der Waals surface area contributed by atoms with Gasteiger partial charge in [0.1, 0.15) is 6.33 Å². The third-order valence-electron chi connectivity index (χ3n) is 2.69. The summed E-state index contributed by atoms with van der Waals surface area (Å²) in [5.41, 5.74) is 2.52. The van der Waals surface area contributed by atoms with Crippen molar-refractivity contribution < 1.29 is 0 Å². The van der Waals surface area contributed by atoms with E-state index in [1.807, 2.05) is 6.07 Å². The van der Waals surface area contributed by atoms with Crippen molar-refractivity contribution in [2.75, 3.05) is 6.54 Å². The molecule has 0 fully saturated rings. The fraction of sp³-hybridized carbons (Fsp3) is 0.273. The zero-order chi connectivity index (χ0) is 10.1. The molecule has 2 aromatic heterocycles. The van der Waals surface area contributed by atoms with Crippen molar-refractivity contribution >= 4 is 11.3 Å². The number of nitrogens with one attached hydrogen (secondary N) is 1. The summed E-state index contributed by atoms with van der Waals surface area (Å²) in [4.78, 5) is 9.67. The second kappa shape index (κ2) is 3.72. The van der Waals surface area contributed by atoms with E-state index in [4.69, 9.17) is 0 Å². The molecule has 0 radical (unpaired) electrons. The summed E-state index contributed by atoms with van der Waals surface area (Å²) >= 11 is 1.81. The van der Waals surface area contributed by atoms with Crippen LogP contribution in [-0.2, 0) is 6.42 Å². The van der Waals surface area contributed by atoms with Gasteiger partial charge >= 0.3 is 0 Å². The van der Waals surface area contributed by atoms with E-state index >= 15 is 0 Å². The Balaban J connectivity index is 2.03. The van der Waals surface area contributed by atoms with Crippen molar-refractivity contribution in [3.8, 4) is 0 Å². The highest BCUT2D eigenvalue weighted by molar-refractivity contribution is 7.10. The SMILES string of the molecule is c1cc(C2NCCc3ccsc32)ncn1. The van der Waals surface area contributed by atoms with Gasteiger partial charge in [-0.1, -0.05) is 0 Å². The van der Waals surface area contributed by atoms with Crippen LogP contribution < -0.4 is 5.32 Å². The topological polar surface area (TPSA) is 37.8 Å². The molecule has 2 aromatic rings. The zero-order valence-electron chi connectivity index (χ0n) is 8.18. The average molecular weight is 217 g/mol.